The van der Waals surface area contributed by atoms with Gasteiger partial charge in [-0.15, -0.1) is 0 Å². The third-order valence-electron chi connectivity index (χ3n) is 4.70. The molecule has 0 N–H and O–H groups in total. The molecular weight excluding hydrogens is 430 g/mol. The average molecular weight is 444 g/mol. The zero-order chi connectivity index (χ0) is 23.1. The summed E-state index contributed by atoms with van der Waals surface area (Å²) < 4.78 is 87.9. The van der Waals surface area contributed by atoms with Crippen molar-refractivity contribution in [3.05, 3.63) is 80.2 Å². The molecule has 0 amide bonds. The molecule has 0 atom stereocenters. The lowest BCUT2D eigenvalue weighted by Gasteiger charge is -2.14. The molecule has 0 saturated carbocycles. The first kappa shape index (κ1) is 22.4. The van der Waals surface area contributed by atoms with Crippen LogP contribution < -0.4 is 5.63 Å². The van der Waals surface area contributed by atoms with E-state index < -0.39 is 47.2 Å². The number of alkyl halides is 6. The SMILES string of the molecule is Cc1ccc2c(COC(=O)c3cc(C(F)(F)F)cc(C(F)(F)F)c3)cc(=O)oc2c1C. The fourth-order valence-electron chi connectivity index (χ4n) is 2.94. The van der Waals surface area contributed by atoms with Gasteiger partial charge in [0.25, 0.3) is 0 Å². The first-order valence-corrected chi connectivity index (χ1v) is 8.77. The highest BCUT2D eigenvalue weighted by Crippen LogP contribution is 2.36. The van der Waals surface area contributed by atoms with Crippen molar-refractivity contribution in [2.75, 3.05) is 0 Å². The van der Waals surface area contributed by atoms with Gasteiger partial charge in [-0.1, -0.05) is 12.1 Å². The first-order chi connectivity index (χ1) is 14.3. The molecule has 0 unspecified atom stereocenters. The highest BCUT2D eigenvalue weighted by molar-refractivity contribution is 5.90. The lowest BCUT2D eigenvalue weighted by molar-refractivity contribution is -0.143. The summed E-state index contributed by atoms with van der Waals surface area (Å²) >= 11 is 0. The van der Waals surface area contributed by atoms with Crippen molar-refractivity contribution in [1.29, 1.82) is 0 Å². The van der Waals surface area contributed by atoms with Crippen LogP contribution in [0.25, 0.3) is 11.0 Å². The number of aryl methyl sites for hydroxylation is 2. The summed E-state index contributed by atoms with van der Waals surface area (Å²) in [6, 6.07) is 4.85. The molecule has 164 valence electrons. The van der Waals surface area contributed by atoms with Crippen LogP contribution in [0.4, 0.5) is 26.3 Å². The molecule has 0 radical (unpaired) electrons. The van der Waals surface area contributed by atoms with Crippen molar-refractivity contribution in [2.45, 2.75) is 32.8 Å². The van der Waals surface area contributed by atoms with Gasteiger partial charge in [-0.2, -0.15) is 26.3 Å². The Morgan fingerprint density at radius 2 is 1.52 bits per heavy atom. The van der Waals surface area contributed by atoms with Crippen molar-refractivity contribution in [3.63, 3.8) is 0 Å². The highest BCUT2D eigenvalue weighted by atomic mass is 19.4. The summed E-state index contributed by atoms with van der Waals surface area (Å²) in [6.07, 6.45) is -10.2. The number of rotatable bonds is 3. The Morgan fingerprint density at radius 3 is 2.06 bits per heavy atom. The molecule has 1 heterocycles. The van der Waals surface area contributed by atoms with E-state index in [1.54, 1.807) is 26.0 Å². The van der Waals surface area contributed by atoms with Gasteiger partial charge in [0.15, 0.2) is 0 Å². The van der Waals surface area contributed by atoms with Gasteiger partial charge >= 0.3 is 23.9 Å². The Bertz CT molecular complexity index is 1190. The van der Waals surface area contributed by atoms with Crippen LogP contribution in [-0.4, -0.2) is 5.97 Å². The molecule has 3 rings (SSSR count). The number of halogens is 6. The molecule has 0 aliphatic rings. The van der Waals surface area contributed by atoms with E-state index in [4.69, 9.17) is 9.15 Å². The standard InChI is InChI=1S/C21H14F6O4/c1-10-3-4-16-13(7-17(28)31-18(16)11(10)2)9-30-19(29)12-5-14(20(22,23)24)8-15(6-12)21(25,26)27/h3-8H,9H2,1-2H3. The summed E-state index contributed by atoms with van der Waals surface area (Å²) in [5.41, 5.74) is -2.99. The molecule has 0 spiro atoms. The van der Waals surface area contributed by atoms with Crippen molar-refractivity contribution in [3.8, 4) is 0 Å². The van der Waals surface area contributed by atoms with E-state index >= 15 is 0 Å². The van der Waals surface area contributed by atoms with E-state index in [0.29, 0.717) is 10.9 Å². The minimum absolute atomic E-state index is 0.0855. The van der Waals surface area contributed by atoms with Crippen LogP contribution in [0.15, 0.2) is 45.6 Å². The van der Waals surface area contributed by atoms with E-state index in [0.717, 1.165) is 11.6 Å². The number of hydrogen-bond acceptors (Lipinski definition) is 4. The summed E-state index contributed by atoms with van der Waals surface area (Å²) in [5.74, 6) is -1.40. The third kappa shape index (κ3) is 4.73. The van der Waals surface area contributed by atoms with Gasteiger partial charge in [-0.05, 0) is 43.2 Å². The van der Waals surface area contributed by atoms with Gasteiger partial charge in [-0.25, -0.2) is 9.59 Å². The van der Waals surface area contributed by atoms with Crippen LogP contribution in [0.1, 0.15) is 38.2 Å². The van der Waals surface area contributed by atoms with E-state index in [2.05, 4.69) is 0 Å². The first-order valence-electron chi connectivity index (χ1n) is 8.77. The Morgan fingerprint density at radius 1 is 0.935 bits per heavy atom. The molecular formula is C21H14F6O4. The van der Waals surface area contributed by atoms with Crippen LogP contribution in [0.2, 0.25) is 0 Å². The Hall–Kier alpha value is -3.30. The largest absolute Gasteiger partial charge is 0.457 e. The van der Waals surface area contributed by atoms with Crippen LogP contribution in [0, 0.1) is 13.8 Å². The Labute approximate surface area is 171 Å². The van der Waals surface area contributed by atoms with Crippen LogP contribution in [0.3, 0.4) is 0 Å². The molecule has 0 fully saturated rings. The number of hydrogen-bond donors (Lipinski definition) is 0. The van der Waals surface area contributed by atoms with Gasteiger partial charge in [0.1, 0.15) is 12.2 Å². The second kappa shape index (κ2) is 7.75. The monoisotopic (exact) mass is 444 g/mol. The number of benzene rings is 2. The molecule has 0 aliphatic heterocycles. The van der Waals surface area contributed by atoms with Crippen molar-refractivity contribution in [1.82, 2.24) is 0 Å². The molecule has 0 saturated heterocycles. The zero-order valence-electron chi connectivity index (χ0n) is 16.1. The molecule has 31 heavy (non-hydrogen) atoms. The fraction of sp³-hybridized carbons (Fsp3) is 0.238. The molecule has 0 aliphatic carbocycles. The number of carbonyl (C=O) groups excluding carboxylic acids is 1. The Kier molecular flexibility index (Phi) is 5.60. The average Bonchev–Trinajstić information content (AvgIpc) is 2.67. The molecule has 3 aromatic rings. The topological polar surface area (TPSA) is 56.5 Å². The zero-order valence-corrected chi connectivity index (χ0v) is 16.1. The maximum absolute atomic E-state index is 13.0. The summed E-state index contributed by atoms with van der Waals surface area (Å²) in [6.45, 7) is 2.94. The van der Waals surface area contributed by atoms with E-state index in [1.807, 2.05) is 0 Å². The van der Waals surface area contributed by atoms with Gasteiger partial charge in [0.05, 0.1) is 16.7 Å². The number of carbonyl (C=O) groups is 1. The van der Waals surface area contributed by atoms with Gasteiger partial charge < -0.3 is 9.15 Å². The minimum Gasteiger partial charge on any atom is -0.457 e. The third-order valence-corrected chi connectivity index (χ3v) is 4.70. The van der Waals surface area contributed by atoms with Gasteiger partial charge in [-0.3, -0.25) is 0 Å². The molecule has 4 nitrogen and oxygen atoms in total. The second-order valence-electron chi connectivity index (χ2n) is 6.85. The fourth-order valence-corrected chi connectivity index (χ4v) is 2.94. The lowest BCUT2D eigenvalue weighted by Crippen LogP contribution is -2.15. The molecule has 2 aromatic carbocycles. The van der Waals surface area contributed by atoms with Crippen LogP contribution >= 0.6 is 0 Å². The quantitative estimate of drug-likeness (QED) is 0.291. The predicted octanol–water partition coefficient (Wildman–Crippen LogP) is 5.80. The maximum atomic E-state index is 13.0. The van der Waals surface area contributed by atoms with Crippen molar-refractivity contribution >= 4 is 16.9 Å². The van der Waals surface area contributed by atoms with Crippen molar-refractivity contribution < 1.29 is 40.3 Å². The highest BCUT2D eigenvalue weighted by Gasteiger charge is 2.37. The predicted molar refractivity (Wildman–Crippen MR) is 97.5 cm³/mol. The van der Waals surface area contributed by atoms with E-state index in [1.165, 1.54) is 0 Å². The molecule has 10 heteroatoms. The van der Waals surface area contributed by atoms with E-state index in [9.17, 15) is 35.9 Å². The summed E-state index contributed by atoms with van der Waals surface area (Å²) in [4.78, 5) is 24.1. The number of fused-ring (bicyclic) bond motifs is 1. The summed E-state index contributed by atoms with van der Waals surface area (Å²) in [5, 5.41) is 0.426. The molecule has 1 aromatic heterocycles. The number of ether oxygens (including phenoxy) is 1. The lowest BCUT2D eigenvalue weighted by atomic mass is 10.0. The summed E-state index contributed by atoms with van der Waals surface area (Å²) in [7, 11) is 0. The van der Waals surface area contributed by atoms with Crippen LogP contribution in [-0.2, 0) is 23.7 Å². The van der Waals surface area contributed by atoms with E-state index in [-0.39, 0.29) is 29.3 Å². The normalized spacial score (nSPS) is 12.3. The smallest absolute Gasteiger partial charge is 0.416 e. The Balaban J connectivity index is 1.96. The van der Waals surface area contributed by atoms with Crippen molar-refractivity contribution in [2.24, 2.45) is 0 Å². The number of esters is 1. The van der Waals surface area contributed by atoms with Crippen LogP contribution in [0.5, 0.6) is 0 Å². The molecule has 0 bridgehead atoms. The van der Waals surface area contributed by atoms with Gasteiger partial charge in [0, 0.05) is 17.0 Å². The van der Waals surface area contributed by atoms with Gasteiger partial charge in [0.2, 0.25) is 0 Å². The minimum atomic E-state index is -5.10. The second-order valence-corrected chi connectivity index (χ2v) is 6.85. The maximum Gasteiger partial charge on any atom is 0.416 e.